The third kappa shape index (κ3) is 5.10. The zero-order valence-corrected chi connectivity index (χ0v) is 20.0. The van der Waals surface area contributed by atoms with E-state index in [4.69, 9.17) is 16.2 Å². The van der Waals surface area contributed by atoms with Crippen molar-refractivity contribution in [2.45, 2.75) is 43.5 Å². The lowest BCUT2D eigenvalue weighted by molar-refractivity contribution is -0.138. The Hall–Kier alpha value is -3.68. The highest BCUT2D eigenvalue weighted by Gasteiger charge is 2.45. The van der Waals surface area contributed by atoms with Crippen LogP contribution in [0.2, 0.25) is 0 Å². The van der Waals surface area contributed by atoms with Gasteiger partial charge in [-0.2, -0.15) is 0 Å². The number of hydrogen-bond donors (Lipinski definition) is 5. The molecule has 1 saturated heterocycles. The van der Waals surface area contributed by atoms with Crippen molar-refractivity contribution in [3.05, 3.63) is 60.7 Å². The van der Waals surface area contributed by atoms with Crippen LogP contribution < -0.4 is 11.5 Å². The van der Waals surface area contributed by atoms with Crippen molar-refractivity contribution in [1.82, 2.24) is 24.4 Å². The molecule has 194 valence electrons. The van der Waals surface area contributed by atoms with E-state index >= 15 is 0 Å². The molecule has 0 radical (unpaired) electrons. The number of benzene rings is 2. The van der Waals surface area contributed by atoms with E-state index in [1.807, 2.05) is 41.3 Å². The largest absolute Gasteiger partial charge is 0.480 e. The van der Waals surface area contributed by atoms with Crippen molar-refractivity contribution in [2.75, 3.05) is 18.8 Å². The van der Waals surface area contributed by atoms with Gasteiger partial charge in [-0.05, 0) is 28.8 Å². The molecule has 5 atom stereocenters. The summed E-state index contributed by atoms with van der Waals surface area (Å²) in [6, 6.07) is 13.1. The van der Waals surface area contributed by atoms with Crippen LogP contribution in [0.5, 0.6) is 0 Å². The van der Waals surface area contributed by atoms with Crippen LogP contribution in [0.3, 0.4) is 0 Å². The van der Waals surface area contributed by atoms with E-state index in [0.29, 0.717) is 24.3 Å². The number of nitrogens with two attached hydrogens (primary N) is 2. The normalized spacial score (nSPS) is 22.7. The number of aliphatic hydroxyl groups is 2. The maximum atomic E-state index is 11.3. The van der Waals surface area contributed by atoms with Crippen molar-refractivity contribution in [3.63, 3.8) is 0 Å². The van der Waals surface area contributed by atoms with E-state index in [0.717, 1.165) is 16.3 Å². The Bertz CT molecular complexity index is 1410. The van der Waals surface area contributed by atoms with Gasteiger partial charge in [-0.1, -0.05) is 36.4 Å². The van der Waals surface area contributed by atoms with Crippen molar-refractivity contribution >= 4 is 33.7 Å². The maximum absolute atomic E-state index is 11.3. The van der Waals surface area contributed by atoms with Crippen LogP contribution in [0.4, 0.5) is 5.82 Å². The first kappa shape index (κ1) is 25.0. The Morgan fingerprint density at radius 1 is 1.11 bits per heavy atom. The fourth-order valence-electron chi connectivity index (χ4n) is 4.70. The summed E-state index contributed by atoms with van der Waals surface area (Å²) in [6.45, 7) is 1.06. The monoisotopic (exact) mass is 507 g/mol. The molecule has 1 aliphatic rings. The predicted molar refractivity (Wildman–Crippen MR) is 135 cm³/mol. The van der Waals surface area contributed by atoms with Gasteiger partial charge in [0.2, 0.25) is 0 Å². The van der Waals surface area contributed by atoms with E-state index in [-0.39, 0.29) is 18.8 Å². The minimum atomic E-state index is -1.25. The van der Waals surface area contributed by atoms with Gasteiger partial charge in [-0.25, -0.2) is 15.0 Å². The number of nitrogen functional groups attached to an aromatic ring is 1. The standard InChI is InChI=1S/C25H29N7O5/c26-17(25(35)36)7-8-31(10-14-5-6-15-3-1-2-4-16(15)9-14)11-18-20(33)21(34)24(37-18)32-13-30-19-22(27)28-12-29-23(19)32/h1-6,9,12-13,17-18,20-21,24,33-34H,7-8,10-11,26H2,(H,35,36)(H2,27,28,29)/t17-,18+,20+,21+,24+/m0/s1. The summed E-state index contributed by atoms with van der Waals surface area (Å²) >= 11 is 0. The summed E-state index contributed by atoms with van der Waals surface area (Å²) in [6.07, 6.45) is -1.21. The molecule has 3 heterocycles. The van der Waals surface area contributed by atoms with Gasteiger partial charge in [0.15, 0.2) is 17.7 Å². The Morgan fingerprint density at radius 3 is 2.68 bits per heavy atom. The number of anilines is 1. The highest BCUT2D eigenvalue weighted by molar-refractivity contribution is 5.83. The number of carboxylic acids is 1. The smallest absolute Gasteiger partial charge is 0.320 e. The molecular formula is C25H29N7O5. The second kappa shape index (κ2) is 10.4. The number of fused-ring (bicyclic) bond motifs is 2. The lowest BCUT2D eigenvalue weighted by Crippen LogP contribution is -2.42. The van der Waals surface area contributed by atoms with E-state index in [2.05, 4.69) is 21.0 Å². The molecule has 37 heavy (non-hydrogen) atoms. The minimum Gasteiger partial charge on any atom is -0.480 e. The first-order valence-electron chi connectivity index (χ1n) is 11.9. The summed E-state index contributed by atoms with van der Waals surface area (Å²) in [5.74, 6) is -0.879. The predicted octanol–water partition coefficient (Wildman–Crippen LogP) is 0.485. The van der Waals surface area contributed by atoms with Crippen LogP contribution in [-0.2, 0) is 16.1 Å². The fraction of sp³-hybridized carbons (Fsp3) is 0.360. The average Bonchev–Trinajstić information content (AvgIpc) is 3.44. The van der Waals surface area contributed by atoms with Crippen LogP contribution in [0.25, 0.3) is 21.9 Å². The number of nitrogens with zero attached hydrogens (tertiary/aromatic N) is 5. The zero-order chi connectivity index (χ0) is 26.1. The molecule has 0 spiro atoms. The van der Waals surface area contributed by atoms with Gasteiger partial charge >= 0.3 is 5.97 Å². The van der Waals surface area contributed by atoms with Crippen LogP contribution in [0, 0.1) is 0 Å². The maximum Gasteiger partial charge on any atom is 0.320 e. The molecule has 5 rings (SSSR count). The molecule has 12 heteroatoms. The number of imidazole rings is 1. The van der Waals surface area contributed by atoms with E-state index in [1.54, 1.807) is 0 Å². The van der Waals surface area contributed by atoms with Crippen molar-refractivity contribution in [1.29, 1.82) is 0 Å². The molecule has 1 aliphatic heterocycles. The Balaban J connectivity index is 1.36. The number of rotatable bonds is 9. The Labute approximate surface area is 212 Å². The van der Waals surface area contributed by atoms with Gasteiger partial charge < -0.3 is 31.5 Å². The van der Waals surface area contributed by atoms with Gasteiger partial charge in [0.05, 0.1) is 6.33 Å². The molecule has 0 aliphatic carbocycles. The Kier molecular flexibility index (Phi) is 7.00. The second-order valence-electron chi connectivity index (χ2n) is 9.28. The van der Waals surface area contributed by atoms with Crippen LogP contribution in [-0.4, -0.2) is 83.2 Å². The average molecular weight is 508 g/mol. The van der Waals surface area contributed by atoms with Crippen molar-refractivity contribution in [2.24, 2.45) is 5.73 Å². The molecule has 7 N–H and O–H groups in total. The molecule has 1 fully saturated rings. The number of aliphatic hydroxyl groups excluding tert-OH is 2. The summed E-state index contributed by atoms with van der Waals surface area (Å²) in [5, 5.41) is 33.1. The molecular weight excluding hydrogens is 478 g/mol. The Morgan fingerprint density at radius 2 is 1.89 bits per heavy atom. The number of aromatic nitrogens is 4. The molecule has 0 saturated carbocycles. The van der Waals surface area contributed by atoms with Crippen LogP contribution >= 0.6 is 0 Å². The molecule has 2 aromatic heterocycles. The molecule has 0 bridgehead atoms. The van der Waals surface area contributed by atoms with Gasteiger partial charge in [0.25, 0.3) is 0 Å². The third-order valence-electron chi connectivity index (χ3n) is 6.73. The van der Waals surface area contributed by atoms with Gasteiger partial charge in [0, 0.05) is 19.6 Å². The number of aliphatic carboxylic acids is 1. The lowest BCUT2D eigenvalue weighted by Gasteiger charge is -2.27. The summed E-state index contributed by atoms with van der Waals surface area (Å²) in [5.41, 5.74) is 13.4. The summed E-state index contributed by atoms with van der Waals surface area (Å²) in [7, 11) is 0. The number of ether oxygens (including phenoxy) is 1. The molecule has 0 unspecified atom stereocenters. The summed E-state index contributed by atoms with van der Waals surface area (Å²) in [4.78, 5) is 25.6. The number of hydrogen-bond acceptors (Lipinski definition) is 10. The lowest BCUT2D eigenvalue weighted by atomic mass is 10.1. The SMILES string of the molecule is Nc1ncnc2c1ncn2[C@@H]1O[C@H](CN(CC[C@H](N)C(=O)O)Cc2ccc3ccccc3c2)[C@@H](O)[C@H]1O. The molecule has 2 aromatic carbocycles. The molecule has 12 nitrogen and oxygen atoms in total. The molecule has 0 amide bonds. The number of carbonyl (C=O) groups is 1. The van der Waals surface area contributed by atoms with Crippen molar-refractivity contribution < 1.29 is 24.9 Å². The van der Waals surface area contributed by atoms with Crippen molar-refractivity contribution in [3.8, 4) is 0 Å². The second-order valence-corrected chi connectivity index (χ2v) is 9.28. The quantitative estimate of drug-likeness (QED) is 0.212. The van der Waals surface area contributed by atoms with E-state index in [1.165, 1.54) is 17.2 Å². The summed E-state index contributed by atoms with van der Waals surface area (Å²) < 4.78 is 7.63. The third-order valence-corrected chi connectivity index (χ3v) is 6.73. The molecule has 4 aromatic rings. The highest BCUT2D eigenvalue weighted by Crippen LogP contribution is 2.32. The van der Waals surface area contributed by atoms with Gasteiger partial charge in [-0.15, -0.1) is 0 Å². The van der Waals surface area contributed by atoms with Gasteiger partial charge in [-0.3, -0.25) is 14.3 Å². The fourth-order valence-corrected chi connectivity index (χ4v) is 4.70. The topological polar surface area (TPSA) is 186 Å². The first-order valence-corrected chi connectivity index (χ1v) is 11.9. The van der Waals surface area contributed by atoms with E-state index in [9.17, 15) is 20.1 Å². The number of carboxylic acid groups (broad SMARTS) is 1. The van der Waals surface area contributed by atoms with Gasteiger partial charge in [0.1, 0.15) is 36.2 Å². The zero-order valence-electron chi connectivity index (χ0n) is 20.0. The van der Waals surface area contributed by atoms with Crippen LogP contribution in [0.1, 0.15) is 18.2 Å². The highest BCUT2D eigenvalue weighted by atomic mass is 16.6. The van der Waals surface area contributed by atoms with E-state index < -0.39 is 36.6 Å². The first-order chi connectivity index (χ1) is 17.8. The minimum absolute atomic E-state index is 0.199. The van der Waals surface area contributed by atoms with Crippen LogP contribution in [0.15, 0.2) is 55.1 Å².